The largest absolute Gasteiger partial charge is 0.480 e. The summed E-state index contributed by atoms with van der Waals surface area (Å²) in [5.74, 6) is -3.02. The summed E-state index contributed by atoms with van der Waals surface area (Å²) in [6, 6.07) is 3.28. The second-order valence-electron chi connectivity index (χ2n) is 9.44. The summed E-state index contributed by atoms with van der Waals surface area (Å²) in [5.41, 5.74) is 13.4. The number of unbranched alkanes of at least 4 members (excludes halogenated alkanes) is 1. The molecule has 0 fully saturated rings. The predicted octanol–water partition coefficient (Wildman–Crippen LogP) is -0.309. The predicted molar refractivity (Wildman–Crippen MR) is 144 cm³/mol. The number of aliphatic carboxylic acids is 1. The van der Waals surface area contributed by atoms with Crippen molar-refractivity contribution in [2.75, 3.05) is 6.54 Å². The molecule has 0 aliphatic rings. The summed E-state index contributed by atoms with van der Waals surface area (Å²) in [4.78, 5) is 61.0. The van der Waals surface area contributed by atoms with Crippen LogP contribution >= 0.6 is 0 Å². The summed E-state index contributed by atoms with van der Waals surface area (Å²) < 4.78 is 0. The van der Waals surface area contributed by atoms with Crippen LogP contribution in [0.4, 0.5) is 0 Å². The first kappa shape index (κ1) is 29.3. The van der Waals surface area contributed by atoms with Gasteiger partial charge in [-0.05, 0) is 44.4 Å². The van der Waals surface area contributed by atoms with Gasteiger partial charge in [0.25, 0.3) is 0 Å². The highest BCUT2D eigenvalue weighted by atomic mass is 16.4. The Morgan fingerprint density at radius 2 is 1.62 bits per heavy atom. The van der Waals surface area contributed by atoms with Crippen molar-refractivity contribution >= 4 is 34.6 Å². The van der Waals surface area contributed by atoms with E-state index in [1.54, 1.807) is 6.20 Å². The van der Waals surface area contributed by atoms with Crippen molar-refractivity contribution in [1.29, 1.82) is 0 Å². The number of imidazole rings is 1. The van der Waals surface area contributed by atoms with Crippen molar-refractivity contribution in [2.24, 2.45) is 11.5 Å². The van der Waals surface area contributed by atoms with E-state index in [1.165, 1.54) is 19.4 Å². The van der Waals surface area contributed by atoms with E-state index in [1.807, 2.05) is 24.3 Å². The second kappa shape index (κ2) is 14.1. The summed E-state index contributed by atoms with van der Waals surface area (Å²) in [6.07, 6.45) is 6.19. The van der Waals surface area contributed by atoms with Gasteiger partial charge in [0.2, 0.25) is 17.7 Å². The van der Waals surface area contributed by atoms with E-state index in [0.717, 1.165) is 16.5 Å². The molecule has 39 heavy (non-hydrogen) atoms. The van der Waals surface area contributed by atoms with Crippen LogP contribution < -0.4 is 27.4 Å². The highest BCUT2D eigenvalue weighted by Gasteiger charge is 2.31. The van der Waals surface area contributed by atoms with Crippen LogP contribution in [0.15, 0.2) is 43.0 Å². The fourth-order valence-electron chi connectivity index (χ4n) is 4.15. The Balaban J connectivity index is 1.85. The number of aromatic nitrogens is 3. The standard InChI is InChI=1S/C26H36N8O5/c1-15(28)23(35)33-22(11-17-13-29-14-31-17)25(37)34-21(10-16-12-30-19-7-3-2-6-18(16)19)24(36)32-20(26(38)39)8-4-5-9-27/h2-3,6-7,12-15,20-22,30H,4-5,8-11,27-28H2,1H3,(H,29,31)(H,32,36)(H,33,35)(H,34,37)(H,38,39). The molecular weight excluding hydrogens is 504 g/mol. The van der Waals surface area contributed by atoms with Gasteiger partial charge < -0.3 is 42.5 Å². The molecule has 4 unspecified atom stereocenters. The van der Waals surface area contributed by atoms with Gasteiger partial charge in [0, 0.05) is 41.8 Å². The maximum atomic E-state index is 13.4. The Morgan fingerprint density at radius 3 is 2.26 bits per heavy atom. The van der Waals surface area contributed by atoms with Gasteiger partial charge in [-0.15, -0.1) is 0 Å². The number of hydrogen-bond acceptors (Lipinski definition) is 7. The Labute approximate surface area is 225 Å². The van der Waals surface area contributed by atoms with Crippen LogP contribution in [0, 0.1) is 0 Å². The maximum Gasteiger partial charge on any atom is 0.326 e. The van der Waals surface area contributed by atoms with E-state index in [4.69, 9.17) is 11.5 Å². The van der Waals surface area contributed by atoms with E-state index in [0.29, 0.717) is 25.1 Å². The van der Waals surface area contributed by atoms with Crippen LogP contribution in [-0.2, 0) is 32.0 Å². The molecule has 2 heterocycles. The van der Waals surface area contributed by atoms with Crippen molar-refractivity contribution in [2.45, 2.75) is 63.2 Å². The van der Waals surface area contributed by atoms with Crippen LogP contribution in [0.3, 0.4) is 0 Å². The number of benzene rings is 1. The van der Waals surface area contributed by atoms with Gasteiger partial charge in [0.1, 0.15) is 18.1 Å². The van der Waals surface area contributed by atoms with Crippen molar-refractivity contribution < 1.29 is 24.3 Å². The molecule has 4 atom stereocenters. The molecule has 0 radical (unpaired) electrons. The lowest BCUT2D eigenvalue weighted by molar-refractivity contribution is -0.142. The first-order valence-electron chi connectivity index (χ1n) is 12.8. The lowest BCUT2D eigenvalue weighted by Crippen LogP contribution is -2.58. The van der Waals surface area contributed by atoms with Gasteiger partial charge >= 0.3 is 5.97 Å². The number of carbonyl (C=O) groups excluding carboxylic acids is 3. The molecule has 3 rings (SSSR count). The zero-order valence-electron chi connectivity index (χ0n) is 21.8. The van der Waals surface area contributed by atoms with Gasteiger partial charge in [-0.3, -0.25) is 14.4 Å². The topological polar surface area (TPSA) is 221 Å². The Bertz CT molecular complexity index is 1260. The zero-order chi connectivity index (χ0) is 28.4. The summed E-state index contributed by atoms with van der Waals surface area (Å²) in [7, 11) is 0. The number of carboxylic acid groups (broad SMARTS) is 1. The molecule has 0 aliphatic heterocycles. The zero-order valence-corrected chi connectivity index (χ0v) is 21.8. The molecule has 1 aromatic carbocycles. The summed E-state index contributed by atoms with van der Waals surface area (Å²) in [5, 5.41) is 18.4. The number of carbonyl (C=O) groups is 4. The van der Waals surface area contributed by atoms with Crippen LogP contribution in [0.2, 0.25) is 0 Å². The smallest absolute Gasteiger partial charge is 0.326 e. The molecule has 2 aromatic heterocycles. The third-order valence-corrected chi connectivity index (χ3v) is 6.32. The van der Waals surface area contributed by atoms with Crippen LogP contribution in [0.1, 0.15) is 37.4 Å². The average molecular weight is 541 g/mol. The lowest BCUT2D eigenvalue weighted by atomic mass is 10.0. The van der Waals surface area contributed by atoms with Crippen LogP contribution in [-0.4, -0.2) is 74.5 Å². The maximum absolute atomic E-state index is 13.4. The number of nitrogens with one attached hydrogen (secondary N) is 5. The van der Waals surface area contributed by atoms with E-state index in [-0.39, 0.29) is 19.3 Å². The number of fused-ring (bicyclic) bond motifs is 1. The number of carboxylic acids is 1. The fraction of sp³-hybridized carbons (Fsp3) is 0.423. The number of nitrogens with zero attached hydrogens (tertiary/aromatic N) is 1. The molecular formula is C26H36N8O5. The van der Waals surface area contributed by atoms with E-state index in [9.17, 15) is 24.3 Å². The van der Waals surface area contributed by atoms with Crippen LogP contribution in [0.5, 0.6) is 0 Å². The number of rotatable bonds is 15. The summed E-state index contributed by atoms with van der Waals surface area (Å²) in [6.45, 7) is 1.90. The minimum Gasteiger partial charge on any atom is -0.480 e. The van der Waals surface area contributed by atoms with Gasteiger partial charge in [-0.2, -0.15) is 0 Å². The Kier molecular flexibility index (Phi) is 10.6. The van der Waals surface area contributed by atoms with Gasteiger partial charge in [0.05, 0.1) is 12.4 Å². The van der Waals surface area contributed by atoms with Gasteiger partial charge in [-0.1, -0.05) is 18.2 Å². The number of aromatic amines is 2. The Morgan fingerprint density at radius 1 is 0.949 bits per heavy atom. The molecule has 13 nitrogen and oxygen atoms in total. The fourth-order valence-corrected chi connectivity index (χ4v) is 4.15. The molecule has 0 saturated carbocycles. The van der Waals surface area contributed by atoms with E-state index in [2.05, 4.69) is 30.9 Å². The molecule has 3 aromatic rings. The molecule has 0 bridgehead atoms. The van der Waals surface area contributed by atoms with Crippen molar-refractivity contribution in [1.82, 2.24) is 30.9 Å². The minimum absolute atomic E-state index is 0.0720. The first-order valence-corrected chi connectivity index (χ1v) is 12.8. The quantitative estimate of drug-likeness (QED) is 0.119. The molecule has 13 heteroatoms. The number of H-pyrrole nitrogens is 2. The Hall–Kier alpha value is -4.23. The number of nitrogens with two attached hydrogens (primary N) is 2. The molecule has 3 amide bonds. The van der Waals surface area contributed by atoms with Gasteiger partial charge in [-0.25, -0.2) is 9.78 Å². The number of amides is 3. The SMILES string of the molecule is CC(N)C(=O)NC(Cc1cnc[nH]1)C(=O)NC(Cc1c[nH]c2ccccc12)C(=O)NC(CCCCN)C(=O)O. The average Bonchev–Trinajstić information content (AvgIpc) is 3.57. The minimum atomic E-state index is -1.18. The summed E-state index contributed by atoms with van der Waals surface area (Å²) >= 11 is 0. The molecule has 210 valence electrons. The first-order chi connectivity index (χ1) is 18.7. The normalized spacial score (nSPS) is 14.2. The highest BCUT2D eigenvalue weighted by Crippen LogP contribution is 2.19. The molecule has 10 N–H and O–H groups in total. The van der Waals surface area contributed by atoms with Crippen molar-refractivity contribution in [3.05, 3.63) is 54.2 Å². The highest BCUT2D eigenvalue weighted by molar-refractivity contribution is 5.95. The molecule has 0 spiro atoms. The van der Waals surface area contributed by atoms with Crippen LogP contribution in [0.25, 0.3) is 10.9 Å². The van der Waals surface area contributed by atoms with E-state index < -0.39 is 47.9 Å². The monoisotopic (exact) mass is 540 g/mol. The van der Waals surface area contributed by atoms with Crippen molar-refractivity contribution in [3.8, 4) is 0 Å². The second-order valence-corrected chi connectivity index (χ2v) is 9.44. The molecule has 0 aliphatic carbocycles. The van der Waals surface area contributed by atoms with Crippen molar-refractivity contribution in [3.63, 3.8) is 0 Å². The number of para-hydroxylation sites is 1. The third kappa shape index (κ3) is 8.38. The van der Waals surface area contributed by atoms with E-state index >= 15 is 0 Å². The third-order valence-electron chi connectivity index (χ3n) is 6.32. The molecule has 0 saturated heterocycles. The number of hydrogen-bond donors (Lipinski definition) is 8. The van der Waals surface area contributed by atoms with Gasteiger partial charge in [0.15, 0.2) is 0 Å². The lowest BCUT2D eigenvalue weighted by Gasteiger charge is -2.25.